The predicted molar refractivity (Wildman–Crippen MR) is 103 cm³/mol. The van der Waals surface area contributed by atoms with Crippen LogP contribution >= 0.6 is 0 Å². The molecule has 0 fully saturated rings. The summed E-state index contributed by atoms with van der Waals surface area (Å²) in [5.74, 6) is -0.739. The monoisotopic (exact) mass is 354 g/mol. The lowest BCUT2D eigenvalue weighted by Gasteiger charge is -2.28. The maximum absolute atomic E-state index is 12.0. The van der Waals surface area contributed by atoms with Crippen molar-refractivity contribution in [2.24, 2.45) is 0 Å². The van der Waals surface area contributed by atoms with Gasteiger partial charge in [0.15, 0.2) is 0 Å². The van der Waals surface area contributed by atoms with Crippen LogP contribution in [0.2, 0.25) is 0 Å². The normalized spacial score (nSPS) is 16.2. The number of hydrogen-bond donors (Lipinski definition) is 2. The maximum atomic E-state index is 12.0. The number of benzene rings is 2. The van der Waals surface area contributed by atoms with Gasteiger partial charge in [-0.3, -0.25) is 4.79 Å². The van der Waals surface area contributed by atoms with Gasteiger partial charge in [-0.05, 0) is 30.2 Å². The van der Waals surface area contributed by atoms with Crippen LogP contribution in [0.5, 0.6) is 0 Å². The average Bonchev–Trinajstić information content (AvgIpc) is 2.73. The number of hydrogen-bond acceptors (Lipinski definition) is 4. The van der Waals surface area contributed by atoms with Crippen molar-refractivity contribution in [3.8, 4) is 12.1 Å². The fourth-order valence-corrected chi connectivity index (χ4v) is 3.27. The third kappa shape index (κ3) is 3.31. The van der Waals surface area contributed by atoms with E-state index in [4.69, 9.17) is 0 Å². The van der Waals surface area contributed by atoms with Crippen LogP contribution in [0.4, 0.5) is 0 Å². The second kappa shape index (κ2) is 7.59. The van der Waals surface area contributed by atoms with Crippen LogP contribution < -0.4 is 10.6 Å². The Morgan fingerprint density at radius 3 is 2.37 bits per heavy atom. The number of rotatable bonds is 3. The zero-order chi connectivity index (χ0) is 19.4. The summed E-state index contributed by atoms with van der Waals surface area (Å²) in [5, 5.41) is 25.5. The van der Waals surface area contributed by atoms with Gasteiger partial charge in [-0.25, -0.2) is 0 Å². The smallest absolute Gasteiger partial charge is 0.251 e. The van der Waals surface area contributed by atoms with Crippen molar-refractivity contribution in [3.63, 3.8) is 0 Å². The first kappa shape index (κ1) is 18.0. The van der Waals surface area contributed by atoms with E-state index in [1.807, 2.05) is 43.3 Å². The van der Waals surface area contributed by atoms with Crippen molar-refractivity contribution in [1.29, 1.82) is 10.5 Å². The lowest BCUT2D eigenvalue weighted by Crippen LogP contribution is -2.24. The van der Waals surface area contributed by atoms with E-state index in [-0.39, 0.29) is 5.91 Å². The van der Waals surface area contributed by atoms with Gasteiger partial charge in [0.25, 0.3) is 5.91 Å². The molecule has 1 heterocycles. The van der Waals surface area contributed by atoms with Gasteiger partial charge >= 0.3 is 0 Å². The highest BCUT2D eigenvalue weighted by atomic mass is 16.1. The van der Waals surface area contributed by atoms with Crippen LogP contribution in [0.3, 0.4) is 0 Å². The van der Waals surface area contributed by atoms with E-state index in [2.05, 4.69) is 22.8 Å². The minimum absolute atomic E-state index is 0.212. The fraction of sp³-hybridized carbons (Fsp3) is 0.136. The zero-order valence-corrected chi connectivity index (χ0v) is 15.1. The summed E-state index contributed by atoms with van der Waals surface area (Å²) >= 11 is 0. The van der Waals surface area contributed by atoms with Gasteiger partial charge in [0, 0.05) is 18.3 Å². The maximum Gasteiger partial charge on any atom is 0.251 e. The highest BCUT2D eigenvalue weighted by Crippen LogP contribution is 2.40. The van der Waals surface area contributed by atoms with Crippen LogP contribution in [-0.4, -0.2) is 13.0 Å². The Labute approximate surface area is 158 Å². The van der Waals surface area contributed by atoms with Crippen LogP contribution in [0, 0.1) is 22.7 Å². The Kier molecular flexibility index (Phi) is 5.06. The largest absolute Gasteiger partial charge is 0.357 e. The van der Waals surface area contributed by atoms with Crippen LogP contribution in [0.15, 0.2) is 71.4 Å². The summed E-state index contributed by atoms with van der Waals surface area (Å²) in [4.78, 5) is 12.0. The molecule has 132 valence electrons. The molecule has 2 aromatic rings. The van der Waals surface area contributed by atoms with Gasteiger partial charge < -0.3 is 10.6 Å². The molecule has 0 spiro atoms. The predicted octanol–water partition coefficient (Wildman–Crippen LogP) is 3.47. The molecule has 0 bridgehead atoms. The number of amides is 1. The van der Waals surface area contributed by atoms with Gasteiger partial charge in [-0.1, -0.05) is 42.5 Å². The summed E-state index contributed by atoms with van der Waals surface area (Å²) in [6, 6.07) is 21.1. The topological polar surface area (TPSA) is 88.7 Å². The molecule has 1 unspecified atom stereocenters. The Morgan fingerprint density at radius 1 is 1.04 bits per heavy atom. The molecule has 2 aromatic carbocycles. The number of nitrogens with zero attached hydrogens (tertiary/aromatic N) is 2. The van der Waals surface area contributed by atoms with Crippen LogP contribution in [-0.2, 0) is 0 Å². The molecular weight excluding hydrogens is 336 g/mol. The summed E-state index contributed by atoms with van der Waals surface area (Å²) in [6.45, 7) is 1.82. The molecule has 27 heavy (non-hydrogen) atoms. The van der Waals surface area contributed by atoms with Crippen molar-refractivity contribution < 1.29 is 4.79 Å². The number of allylic oxidation sites excluding steroid dienone is 3. The van der Waals surface area contributed by atoms with Crippen molar-refractivity contribution in [2.75, 3.05) is 7.05 Å². The lowest BCUT2D eigenvalue weighted by atomic mass is 9.80. The average molecular weight is 354 g/mol. The molecule has 1 aliphatic rings. The highest BCUT2D eigenvalue weighted by Gasteiger charge is 2.31. The third-order valence-corrected chi connectivity index (χ3v) is 4.58. The Morgan fingerprint density at radius 2 is 1.74 bits per heavy atom. The molecule has 1 amide bonds. The standard InChI is InChI=1S/C22H18N4O/c1-14-18(12-23)20(16-9-6-10-17(11-16)22(27)25-2)19(13-24)21(26-14)15-7-4-3-5-8-15/h3-11,20,26H,1-2H3,(H,25,27). The Bertz CT molecular complexity index is 1040. The fourth-order valence-electron chi connectivity index (χ4n) is 3.27. The molecule has 0 saturated heterocycles. The van der Waals surface area contributed by atoms with Gasteiger partial charge in [-0.2, -0.15) is 10.5 Å². The molecule has 1 atom stereocenters. The number of carbonyl (C=O) groups is 1. The minimum atomic E-state index is -0.527. The van der Waals surface area contributed by atoms with E-state index in [0.717, 1.165) is 11.1 Å². The first-order chi connectivity index (χ1) is 13.1. The Hall–Kier alpha value is -3.83. The highest BCUT2D eigenvalue weighted by molar-refractivity contribution is 5.94. The molecular formula is C22H18N4O. The molecule has 5 heteroatoms. The van der Waals surface area contributed by atoms with Gasteiger partial charge in [0.1, 0.15) is 0 Å². The number of carbonyl (C=O) groups excluding carboxylic acids is 1. The minimum Gasteiger partial charge on any atom is -0.357 e. The van der Waals surface area contributed by atoms with Crippen LogP contribution in [0.1, 0.15) is 34.3 Å². The first-order valence-corrected chi connectivity index (χ1v) is 8.50. The SMILES string of the molecule is CNC(=O)c1cccc(C2C(C#N)=C(C)NC(c3ccccc3)=C2C#N)c1. The number of nitrogens with one attached hydrogen (secondary N) is 2. The zero-order valence-electron chi connectivity index (χ0n) is 15.1. The first-order valence-electron chi connectivity index (χ1n) is 8.50. The van der Waals surface area contributed by atoms with E-state index in [1.54, 1.807) is 25.2 Å². The van der Waals surface area contributed by atoms with E-state index >= 15 is 0 Å². The molecule has 0 radical (unpaired) electrons. The summed E-state index contributed by atoms with van der Waals surface area (Å²) in [6.07, 6.45) is 0. The van der Waals surface area contributed by atoms with Gasteiger partial charge in [0.05, 0.1) is 34.9 Å². The second-order valence-electron chi connectivity index (χ2n) is 6.18. The summed E-state index contributed by atoms with van der Waals surface area (Å²) in [5.41, 5.74) is 4.41. The van der Waals surface area contributed by atoms with E-state index in [9.17, 15) is 15.3 Å². The molecule has 0 aliphatic carbocycles. The van der Waals surface area contributed by atoms with Crippen molar-refractivity contribution in [2.45, 2.75) is 12.8 Å². The molecule has 5 nitrogen and oxygen atoms in total. The second-order valence-corrected chi connectivity index (χ2v) is 6.18. The van der Waals surface area contributed by atoms with E-state index in [1.165, 1.54) is 0 Å². The van der Waals surface area contributed by atoms with Crippen molar-refractivity contribution in [3.05, 3.63) is 88.1 Å². The Balaban J connectivity index is 2.22. The molecule has 1 aliphatic heterocycles. The summed E-state index contributed by atoms with van der Waals surface area (Å²) in [7, 11) is 1.57. The van der Waals surface area contributed by atoms with E-state index < -0.39 is 5.92 Å². The quantitative estimate of drug-likeness (QED) is 0.883. The third-order valence-electron chi connectivity index (χ3n) is 4.58. The van der Waals surface area contributed by atoms with Gasteiger partial charge in [-0.15, -0.1) is 0 Å². The van der Waals surface area contributed by atoms with Crippen LogP contribution in [0.25, 0.3) is 5.70 Å². The molecule has 3 rings (SSSR count). The lowest BCUT2D eigenvalue weighted by molar-refractivity contribution is 0.0963. The van der Waals surface area contributed by atoms with Crippen molar-refractivity contribution >= 4 is 11.6 Å². The molecule has 2 N–H and O–H groups in total. The number of dihydropyridines is 1. The van der Waals surface area contributed by atoms with E-state index in [0.29, 0.717) is 28.1 Å². The molecule has 0 aromatic heterocycles. The summed E-state index contributed by atoms with van der Waals surface area (Å²) < 4.78 is 0. The van der Waals surface area contributed by atoms with Crippen molar-refractivity contribution in [1.82, 2.24) is 10.6 Å². The van der Waals surface area contributed by atoms with Gasteiger partial charge in [0.2, 0.25) is 0 Å². The number of nitriles is 2. The molecule has 0 saturated carbocycles.